The second-order valence-corrected chi connectivity index (χ2v) is 4.88. The molecule has 21 heavy (non-hydrogen) atoms. The molecule has 2 N–H and O–H groups in total. The number of benzene rings is 1. The highest BCUT2D eigenvalue weighted by molar-refractivity contribution is 5.85. The van der Waals surface area contributed by atoms with Gasteiger partial charge in [-0.3, -0.25) is 4.79 Å². The zero-order chi connectivity index (χ0) is 14.5. The van der Waals surface area contributed by atoms with Gasteiger partial charge in [0.2, 0.25) is 5.91 Å². The van der Waals surface area contributed by atoms with Crippen molar-refractivity contribution in [2.24, 2.45) is 5.73 Å². The second kappa shape index (κ2) is 7.81. The highest BCUT2D eigenvalue weighted by Gasteiger charge is 2.14. The van der Waals surface area contributed by atoms with Gasteiger partial charge in [0.25, 0.3) is 0 Å². The van der Waals surface area contributed by atoms with E-state index in [1.54, 1.807) is 22.8 Å². The van der Waals surface area contributed by atoms with Gasteiger partial charge in [0, 0.05) is 32.0 Å². The number of halogens is 1. The number of nitrogens with two attached hydrogens (primary N) is 1. The predicted octanol–water partition coefficient (Wildman–Crippen LogP) is 1.64. The molecule has 5 nitrogen and oxygen atoms in total. The zero-order valence-corrected chi connectivity index (χ0v) is 13.1. The number of hydrogen-bond donors (Lipinski definition) is 1. The zero-order valence-electron chi connectivity index (χ0n) is 12.3. The van der Waals surface area contributed by atoms with Crippen LogP contribution in [0.1, 0.15) is 12.5 Å². The maximum absolute atomic E-state index is 12.1. The number of nitrogens with zero attached hydrogens (tertiary/aromatic N) is 3. The molecule has 2 rings (SSSR count). The molecule has 0 radical (unpaired) electrons. The van der Waals surface area contributed by atoms with Crippen molar-refractivity contribution in [2.45, 2.75) is 19.4 Å². The summed E-state index contributed by atoms with van der Waals surface area (Å²) in [5.41, 5.74) is 7.54. The second-order valence-electron chi connectivity index (χ2n) is 4.88. The molecule has 6 heteroatoms. The van der Waals surface area contributed by atoms with Crippen LogP contribution in [0.15, 0.2) is 42.7 Å². The SMILES string of the molecule is CC(CN)N(C)C(=O)Cc1ccc(-n2cccn2)cc1.Cl. The fourth-order valence-electron chi connectivity index (χ4n) is 1.89. The van der Waals surface area contributed by atoms with Crippen molar-refractivity contribution >= 4 is 18.3 Å². The highest BCUT2D eigenvalue weighted by Crippen LogP contribution is 2.10. The number of hydrogen-bond acceptors (Lipinski definition) is 3. The first kappa shape index (κ1) is 17.2. The lowest BCUT2D eigenvalue weighted by atomic mass is 10.1. The first-order valence-electron chi connectivity index (χ1n) is 6.66. The lowest BCUT2D eigenvalue weighted by Crippen LogP contribution is -2.40. The van der Waals surface area contributed by atoms with Gasteiger partial charge < -0.3 is 10.6 Å². The van der Waals surface area contributed by atoms with Crippen LogP contribution in [0.25, 0.3) is 5.69 Å². The summed E-state index contributed by atoms with van der Waals surface area (Å²) in [7, 11) is 1.79. The van der Waals surface area contributed by atoms with Gasteiger partial charge in [-0.1, -0.05) is 12.1 Å². The fourth-order valence-corrected chi connectivity index (χ4v) is 1.89. The summed E-state index contributed by atoms with van der Waals surface area (Å²) in [4.78, 5) is 13.8. The third-order valence-corrected chi connectivity index (χ3v) is 3.46. The third-order valence-electron chi connectivity index (χ3n) is 3.46. The molecule has 0 aliphatic carbocycles. The minimum Gasteiger partial charge on any atom is -0.341 e. The van der Waals surface area contributed by atoms with Crippen molar-refractivity contribution < 1.29 is 4.79 Å². The van der Waals surface area contributed by atoms with Crippen LogP contribution in [0.5, 0.6) is 0 Å². The molecule has 0 saturated carbocycles. The molecule has 1 aromatic heterocycles. The van der Waals surface area contributed by atoms with E-state index in [-0.39, 0.29) is 24.4 Å². The van der Waals surface area contributed by atoms with Gasteiger partial charge in [-0.2, -0.15) is 5.10 Å². The highest BCUT2D eigenvalue weighted by atomic mass is 35.5. The van der Waals surface area contributed by atoms with Gasteiger partial charge in [-0.15, -0.1) is 12.4 Å². The fraction of sp³-hybridized carbons (Fsp3) is 0.333. The van der Waals surface area contributed by atoms with Crippen LogP contribution in [0, 0.1) is 0 Å². The van der Waals surface area contributed by atoms with Crippen LogP contribution in [0.4, 0.5) is 0 Å². The summed E-state index contributed by atoms with van der Waals surface area (Å²) in [6, 6.07) is 9.77. The number of carbonyl (C=O) groups excluding carboxylic acids is 1. The Hall–Kier alpha value is -1.85. The standard InChI is InChI=1S/C15H20N4O.ClH/c1-12(11-16)18(2)15(20)10-13-4-6-14(7-5-13)19-9-3-8-17-19;/h3-9,12H,10-11,16H2,1-2H3;1H. The van der Waals surface area contributed by atoms with E-state index in [0.717, 1.165) is 11.3 Å². The molecule has 1 aromatic carbocycles. The molecular weight excluding hydrogens is 288 g/mol. The normalized spacial score (nSPS) is 11.6. The smallest absolute Gasteiger partial charge is 0.227 e. The summed E-state index contributed by atoms with van der Waals surface area (Å²) in [5, 5.41) is 4.17. The van der Waals surface area contributed by atoms with Crippen molar-refractivity contribution in [3.63, 3.8) is 0 Å². The van der Waals surface area contributed by atoms with Gasteiger partial charge in [-0.25, -0.2) is 4.68 Å². The number of amides is 1. The summed E-state index contributed by atoms with van der Waals surface area (Å²) >= 11 is 0. The van der Waals surface area contributed by atoms with Gasteiger partial charge in [0.15, 0.2) is 0 Å². The van der Waals surface area contributed by atoms with E-state index in [1.807, 2.05) is 43.5 Å². The largest absolute Gasteiger partial charge is 0.341 e. The maximum Gasteiger partial charge on any atom is 0.227 e. The average molecular weight is 309 g/mol. The first-order chi connectivity index (χ1) is 9.61. The van der Waals surface area contributed by atoms with E-state index < -0.39 is 0 Å². The molecule has 0 bridgehead atoms. The van der Waals surface area contributed by atoms with Crippen LogP contribution >= 0.6 is 12.4 Å². The Morgan fingerprint density at radius 1 is 1.38 bits per heavy atom. The van der Waals surface area contributed by atoms with E-state index in [1.165, 1.54) is 0 Å². The number of aromatic nitrogens is 2. The molecule has 0 aliphatic rings. The van der Waals surface area contributed by atoms with Crippen LogP contribution in [0.3, 0.4) is 0 Å². The predicted molar refractivity (Wildman–Crippen MR) is 85.8 cm³/mol. The van der Waals surface area contributed by atoms with Gasteiger partial charge in [-0.05, 0) is 30.7 Å². The molecule has 1 amide bonds. The molecule has 2 aromatic rings. The summed E-state index contributed by atoms with van der Waals surface area (Å²) in [5.74, 6) is 0.0785. The molecule has 0 spiro atoms. The minimum atomic E-state index is 0. The van der Waals surface area contributed by atoms with Gasteiger partial charge >= 0.3 is 0 Å². The van der Waals surface area contributed by atoms with Crippen molar-refractivity contribution in [1.29, 1.82) is 0 Å². The molecular formula is C15H21ClN4O. The first-order valence-corrected chi connectivity index (χ1v) is 6.66. The molecule has 1 atom stereocenters. The third kappa shape index (κ3) is 4.31. The van der Waals surface area contributed by atoms with Crippen LogP contribution < -0.4 is 5.73 Å². The van der Waals surface area contributed by atoms with E-state index in [2.05, 4.69) is 5.10 Å². The van der Waals surface area contributed by atoms with Crippen molar-refractivity contribution in [3.05, 3.63) is 48.3 Å². The molecule has 0 fully saturated rings. The Morgan fingerprint density at radius 3 is 2.57 bits per heavy atom. The number of likely N-dealkylation sites (N-methyl/N-ethyl adjacent to an activating group) is 1. The van der Waals surface area contributed by atoms with E-state index in [0.29, 0.717) is 13.0 Å². The van der Waals surface area contributed by atoms with E-state index in [4.69, 9.17) is 5.73 Å². The Labute approximate surface area is 131 Å². The molecule has 1 unspecified atom stereocenters. The van der Waals surface area contributed by atoms with Crippen molar-refractivity contribution in [1.82, 2.24) is 14.7 Å². The number of carbonyl (C=O) groups is 1. The molecule has 0 saturated heterocycles. The van der Waals surface area contributed by atoms with Crippen LogP contribution in [-0.2, 0) is 11.2 Å². The van der Waals surface area contributed by atoms with E-state index in [9.17, 15) is 4.79 Å². The van der Waals surface area contributed by atoms with Gasteiger partial charge in [0.05, 0.1) is 12.1 Å². The number of rotatable bonds is 5. The quantitative estimate of drug-likeness (QED) is 0.913. The summed E-state index contributed by atoms with van der Waals surface area (Å²) < 4.78 is 1.79. The lowest BCUT2D eigenvalue weighted by molar-refractivity contribution is -0.130. The Balaban J connectivity index is 0.00000220. The Bertz CT molecular complexity index is 554. The van der Waals surface area contributed by atoms with Crippen molar-refractivity contribution in [2.75, 3.05) is 13.6 Å². The van der Waals surface area contributed by atoms with Crippen LogP contribution in [-0.4, -0.2) is 40.2 Å². The Morgan fingerprint density at radius 2 is 2.05 bits per heavy atom. The van der Waals surface area contributed by atoms with Crippen LogP contribution in [0.2, 0.25) is 0 Å². The Kier molecular flexibility index (Phi) is 6.39. The summed E-state index contributed by atoms with van der Waals surface area (Å²) in [6.07, 6.45) is 4.01. The lowest BCUT2D eigenvalue weighted by Gasteiger charge is -2.23. The van der Waals surface area contributed by atoms with Crippen molar-refractivity contribution in [3.8, 4) is 5.69 Å². The van der Waals surface area contributed by atoms with E-state index >= 15 is 0 Å². The maximum atomic E-state index is 12.1. The average Bonchev–Trinajstić information content (AvgIpc) is 3.00. The molecule has 0 aliphatic heterocycles. The minimum absolute atomic E-state index is 0. The monoisotopic (exact) mass is 308 g/mol. The molecule has 1 heterocycles. The van der Waals surface area contributed by atoms with Gasteiger partial charge in [0.1, 0.15) is 0 Å². The topological polar surface area (TPSA) is 64.2 Å². The molecule has 114 valence electrons. The summed E-state index contributed by atoms with van der Waals surface area (Å²) in [6.45, 7) is 2.42.